The average molecular weight is 546 g/mol. The summed E-state index contributed by atoms with van der Waals surface area (Å²) in [5.74, 6) is 1.69. The Morgan fingerprint density at radius 2 is 1.45 bits per heavy atom. The first-order valence-corrected chi connectivity index (χ1v) is 15.4. The summed E-state index contributed by atoms with van der Waals surface area (Å²) >= 11 is 0. The Morgan fingerprint density at radius 1 is 0.895 bits per heavy atom. The summed E-state index contributed by atoms with van der Waals surface area (Å²) in [5.41, 5.74) is 1.58. The van der Waals surface area contributed by atoms with E-state index in [2.05, 4.69) is 35.6 Å². The van der Waals surface area contributed by atoms with Gasteiger partial charge >= 0.3 is 0 Å². The maximum absolute atomic E-state index is 14.6. The van der Waals surface area contributed by atoms with Gasteiger partial charge in [-0.15, -0.1) is 0 Å². The van der Waals surface area contributed by atoms with E-state index in [4.69, 9.17) is 23.9 Å². The highest BCUT2D eigenvalue weighted by atomic mass is 28.3. The lowest BCUT2D eigenvalue weighted by molar-refractivity contribution is 0.122. The monoisotopic (exact) mass is 545 g/mol. The minimum absolute atomic E-state index is 0.168. The van der Waals surface area contributed by atoms with Crippen LogP contribution in [-0.4, -0.2) is 81.2 Å². The van der Waals surface area contributed by atoms with Crippen molar-refractivity contribution in [2.45, 2.75) is 45.7 Å². The largest absolute Gasteiger partial charge is 0.541 e. The molecule has 2 fully saturated rings. The number of hydrogen-bond acceptors (Lipinski definition) is 8. The second kappa shape index (κ2) is 10.7. The van der Waals surface area contributed by atoms with Crippen LogP contribution in [-0.2, 0) is 14.9 Å². The maximum Gasteiger partial charge on any atom is 0.296 e. The lowest BCUT2D eigenvalue weighted by Gasteiger charge is -2.31. The normalized spacial score (nSPS) is 17.2. The predicted molar refractivity (Wildman–Crippen MR) is 144 cm³/mol. The van der Waals surface area contributed by atoms with Crippen LogP contribution in [0.2, 0.25) is 13.1 Å². The summed E-state index contributed by atoms with van der Waals surface area (Å²) < 4.78 is 47.9. The topological polar surface area (TPSA) is 77.8 Å². The molecular formula is C26H35F2N6O3Si. The Balaban J connectivity index is 1.74. The van der Waals surface area contributed by atoms with Crippen molar-refractivity contribution in [1.29, 1.82) is 0 Å². The molecule has 1 radical (unpaired) electrons. The van der Waals surface area contributed by atoms with Gasteiger partial charge in [0.2, 0.25) is 5.95 Å². The number of benzene rings is 1. The highest BCUT2D eigenvalue weighted by Crippen LogP contribution is 2.40. The molecule has 0 unspecified atom stereocenters. The number of rotatable bonds is 6. The van der Waals surface area contributed by atoms with E-state index in [1.165, 1.54) is 4.57 Å². The predicted octanol–water partition coefficient (Wildman–Crippen LogP) is 4.35. The number of alkyl halides is 2. The van der Waals surface area contributed by atoms with Crippen LogP contribution in [0.5, 0.6) is 5.75 Å². The zero-order valence-corrected chi connectivity index (χ0v) is 23.6. The van der Waals surface area contributed by atoms with Gasteiger partial charge in [0, 0.05) is 37.8 Å². The number of anilines is 2. The highest BCUT2D eigenvalue weighted by Gasteiger charge is 2.30. The van der Waals surface area contributed by atoms with Crippen LogP contribution < -0.4 is 14.2 Å². The number of hydrogen-bond donors (Lipinski definition) is 0. The zero-order valence-electron chi connectivity index (χ0n) is 22.6. The van der Waals surface area contributed by atoms with Crippen molar-refractivity contribution in [3.05, 3.63) is 29.6 Å². The molecule has 0 amide bonds. The van der Waals surface area contributed by atoms with E-state index < -0.39 is 21.3 Å². The van der Waals surface area contributed by atoms with Crippen LogP contribution in [0, 0.1) is 0 Å². The van der Waals surface area contributed by atoms with Crippen LogP contribution in [0.25, 0.3) is 17.0 Å². The Labute approximate surface area is 223 Å². The number of halogens is 2. The Morgan fingerprint density at radius 3 is 1.92 bits per heavy atom. The molecule has 2 aromatic heterocycles. The number of ether oxygens (including phenoxy) is 2. The number of fused-ring (bicyclic) bond motifs is 1. The van der Waals surface area contributed by atoms with Crippen LogP contribution in [0.15, 0.2) is 18.2 Å². The van der Waals surface area contributed by atoms with Crippen molar-refractivity contribution in [3.63, 3.8) is 0 Å². The van der Waals surface area contributed by atoms with E-state index in [0.29, 0.717) is 81.0 Å². The van der Waals surface area contributed by atoms with E-state index in [9.17, 15) is 8.78 Å². The Kier molecular flexibility index (Phi) is 7.56. The SMILES string of the molecule is C[Si](C)Oc1c(C(C)(C)C)ccc2c1nc(C(F)F)n2-c1nc(N2CCOCC2)cc(N2CCOCC2)n1. The van der Waals surface area contributed by atoms with Gasteiger partial charge in [-0.3, -0.25) is 4.57 Å². The first-order chi connectivity index (χ1) is 18.1. The molecule has 0 N–H and O–H groups in total. The smallest absolute Gasteiger partial charge is 0.296 e. The number of morpholine rings is 2. The van der Waals surface area contributed by atoms with Gasteiger partial charge in [-0.1, -0.05) is 26.8 Å². The lowest BCUT2D eigenvalue weighted by Crippen LogP contribution is -2.39. The molecule has 0 atom stereocenters. The van der Waals surface area contributed by atoms with E-state index in [1.54, 1.807) is 0 Å². The molecule has 4 heterocycles. The third kappa shape index (κ3) is 5.34. The third-order valence-corrected chi connectivity index (χ3v) is 7.29. The molecule has 12 heteroatoms. The summed E-state index contributed by atoms with van der Waals surface area (Å²) in [6.07, 6.45) is -2.83. The molecule has 0 saturated carbocycles. The first-order valence-electron chi connectivity index (χ1n) is 13.0. The summed E-state index contributed by atoms with van der Waals surface area (Å²) in [7, 11) is -1.19. The van der Waals surface area contributed by atoms with Gasteiger partial charge in [-0.25, -0.2) is 13.8 Å². The van der Waals surface area contributed by atoms with Crippen LogP contribution >= 0.6 is 0 Å². The number of imidazole rings is 1. The van der Waals surface area contributed by atoms with E-state index in [1.807, 2.05) is 31.3 Å². The van der Waals surface area contributed by atoms with Gasteiger partial charge < -0.3 is 23.7 Å². The summed E-state index contributed by atoms with van der Waals surface area (Å²) in [4.78, 5) is 18.3. The second-order valence-corrected chi connectivity index (χ2v) is 12.8. The molecule has 38 heavy (non-hydrogen) atoms. The van der Waals surface area contributed by atoms with Crippen molar-refractivity contribution >= 4 is 31.7 Å². The molecule has 5 rings (SSSR count). The van der Waals surface area contributed by atoms with Crippen molar-refractivity contribution in [2.24, 2.45) is 0 Å². The van der Waals surface area contributed by atoms with Crippen molar-refractivity contribution in [3.8, 4) is 11.7 Å². The van der Waals surface area contributed by atoms with Gasteiger partial charge in [-0.05, 0) is 24.6 Å². The quantitative estimate of drug-likeness (QED) is 0.423. The zero-order chi connectivity index (χ0) is 27.0. The van der Waals surface area contributed by atoms with Gasteiger partial charge in [0.25, 0.3) is 15.5 Å². The summed E-state index contributed by atoms with van der Waals surface area (Å²) in [6, 6.07) is 5.71. The molecule has 0 spiro atoms. The highest BCUT2D eigenvalue weighted by molar-refractivity contribution is 6.49. The fourth-order valence-electron chi connectivity index (χ4n) is 4.81. The molecule has 0 aliphatic carbocycles. The molecule has 3 aromatic rings. The fourth-order valence-corrected chi connectivity index (χ4v) is 5.43. The number of aromatic nitrogens is 4. The Hall–Kier alpha value is -2.83. The molecule has 205 valence electrons. The standard InChI is InChI=1S/C26H35F2N6O3Si/c1-26(2,3)17-6-7-18-21(22(17)37-38(4)5)31-24(23(27)28)34(18)25-29-19(32-8-12-35-13-9-32)16-20(30-25)33-10-14-36-15-11-33/h6-7,16,23H,8-15H2,1-5H3. The lowest BCUT2D eigenvalue weighted by atomic mass is 9.86. The number of nitrogens with zero attached hydrogens (tertiary/aromatic N) is 6. The van der Waals surface area contributed by atoms with Crippen LogP contribution in [0.3, 0.4) is 0 Å². The summed E-state index contributed by atoms with van der Waals surface area (Å²) in [5, 5.41) is 0. The van der Waals surface area contributed by atoms with Gasteiger partial charge in [0.15, 0.2) is 5.82 Å². The van der Waals surface area contributed by atoms with Gasteiger partial charge in [0.05, 0.1) is 31.9 Å². The molecule has 2 saturated heterocycles. The van der Waals surface area contributed by atoms with E-state index in [0.717, 1.165) is 5.56 Å². The average Bonchev–Trinajstić information content (AvgIpc) is 3.29. The molecule has 0 bridgehead atoms. The van der Waals surface area contributed by atoms with Crippen LogP contribution in [0.4, 0.5) is 20.4 Å². The van der Waals surface area contributed by atoms with Crippen molar-refractivity contribution in [1.82, 2.24) is 19.5 Å². The molecule has 2 aliphatic rings. The fraction of sp³-hybridized carbons (Fsp3) is 0.577. The minimum atomic E-state index is -2.83. The van der Waals surface area contributed by atoms with Crippen molar-refractivity contribution < 1.29 is 22.7 Å². The molecular weight excluding hydrogens is 510 g/mol. The second-order valence-electron chi connectivity index (χ2n) is 10.8. The minimum Gasteiger partial charge on any atom is -0.541 e. The van der Waals surface area contributed by atoms with Gasteiger partial charge in [-0.2, -0.15) is 9.97 Å². The molecule has 2 aliphatic heterocycles. The summed E-state index contributed by atoms with van der Waals surface area (Å²) in [6.45, 7) is 15.2. The van der Waals surface area contributed by atoms with Crippen molar-refractivity contribution in [2.75, 3.05) is 62.4 Å². The van der Waals surface area contributed by atoms with E-state index in [-0.39, 0.29) is 11.4 Å². The third-order valence-electron chi connectivity index (χ3n) is 6.67. The Bertz CT molecular complexity index is 1250. The maximum atomic E-state index is 14.6. The molecule has 1 aromatic carbocycles. The molecule has 9 nitrogen and oxygen atoms in total. The van der Waals surface area contributed by atoms with Crippen LogP contribution in [0.1, 0.15) is 38.6 Å². The first kappa shape index (κ1) is 26.8. The van der Waals surface area contributed by atoms with E-state index >= 15 is 0 Å². The van der Waals surface area contributed by atoms with Gasteiger partial charge in [0.1, 0.15) is 22.9 Å².